The number of nitrogens with zero attached hydrogens (tertiary/aromatic N) is 5. The van der Waals surface area contributed by atoms with Gasteiger partial charge in [-0.2, -0.15) is 14.6 Å². The summed E-state index contributed by atoms with van der Waals surface area (Å²) >= 11 is 1.13. The highest BCUT2D eigenvalue weighted by molar-refractivity contribution is 7.91. The summed E-state index contributed by atoms with van der Waals surface area (Å²) in [6.45, 7) is 1.02. The Hall–Kier alpha value is -3.07. The van der Waals surface area contributed by atoms with E-state index in [1.54, 1.807) is 40.6 Å². The van der Waals surface area contributed by atoms with Crippen LogP contribution in [0.3, 0.4) is 0 Å². The second kappa shape index (κ2) is 8.70. The quantitative estimate of drug-likeness (QED) is 0.547. The van der Waals surface area contributed by atoms with Crippen LogP contribution in [0.25, 0.3) is 11.4 Å². The summed E-state index contributed by atoms with van der Waals surface area (Å²) in [6, 6.07) is 10.0. The van der Waals surface area contributed by atoms with Crippen molar-refractivity contribution in [1.82, 2.24) is 19.3 Å². The van der Waals surface area contributed by atoms with Gasteiger partial charge in [-0.05, 0) is 43.2 Å². The van der Waals surface area contributed by atoms with Crippen molar-refractivity contribution in [3.05, 3.63) is 52.7 Å². The third-order valence-corrected chi connectivity index (χ3v) is 9.42. The van der Waals surface area contributed by atoms with Crippen molar-refractivity contribution in [2.45, 2.75) is 29.4 Å². The fourth-order valence-electron chi connectivity index (χ4n) is 3.87. The Morgan fingerprint density at radius 2 is 1.88 bits per heavy atom. The normalized spacial score (nSPS) is 17.5. The third kappa shape index (κ3) is 4.17. The van der Waals surface area contributed by atoms with Crippen LogP contribution in [0.2, 0.25) is 0 Å². The summed E-state index contributed by atoms with van der Waals surface area (Å²) in [4.78, 5) is 18.8. The molecule has 2 aromatic heterocycles. The van der Waals surface area contributed by atoms with E-state index in [0.717, 1.165) is 30.6 Å². The van der Waals surface area contributed by atoms with E-state index < -0.39 is 10.0 Å². The lowest BCUT2D eigenvalue weighted by molar-refractivity contribution is 0.0698. The molecule has 5 rings (SSSR count). The molecule has 170 valence electrons. The summed E-state index contributed by atoms with van der Waals surface area (Å²) in [6.07, 6.45) is 3.25. The molecule has 1 saturated carbocycles. The molecule has 1 aliphatic carbocycles. The van der Waals surface area contributed by atoms with Gasteiger partial charge in [0, 0.05) is 48.6 Å². The van der Waals surface area contributed by atoms with Crippen LogP contribution in [0.1, 0.15) is 47.0 Å². The zero-order valence-electron chi connectivity index (χ0n) is 17.7. The molecule has 0 radical (unpaired) electrons. The second-order valence-corrected chi connectivity index (χ2v) is 11.2. The SMILES string of the molecule is N#Cc1ccc(C(=O)N2CCN(S(=O)(=O)c3cc(-c4noc(C5CCC5)n4)cs3)CC2)cc1. The maximum Gasteiger partial charge on any atom is 0.253 e. The molecule has 3 aromatic rings. The number of hydrogen-bond acceptors (Lipinski definition) is 8. The van der Waals surface area contributed by atoms with Gasteiger partial charge in [-0.25, -0.2) is 8.42 Å². The Morgan fingerprint density at radius 3 is 2.52 bits per heavy atom. The van der Waals surface area contributed by atoms with Crippen LogP contribution in [0, 0.1) is 11.3 Å². The van der Waals surface area contributed by atoms with Gasteiger partial charge in [0.2, 0.25) is 11.7 Å². The number of thiophene rings is 1. The fourth-order valence-corrected chi connectivity index (χ4v) is 6.60. The van der Waals surface area contributed by atoms with E-state index in [4.69, 9.17) is 9.78 Å². The van der Waals surface area contributed by atoms with Crippen molar-refractivity contribution in [2.75, 3.05) is 26.2 Å². The Bertz CT molecular complexity index is 1310. The first kappa shape index (κ1) is 21.8. The maximum absolute atomic E-state index is 13.2. The third-order valence-electron chi connectivity index (χ3n) is 6.11. The number of piperazine rings is 1. The smallest absolute Gasteiger partial charge is 0.253 e. The van der Waals surface area contributed by atoms with Crippen LogP contribution in [-0.4, -0.2) is 59.8 Å². The standard InChI is InChI=1S/C22H21N5O4S2/c23-13-15-4-6-17(7-5-15)22(28)26-8-10-27(11-9-26)33(29,30)19-12-18(14-32-19)20-24-21(31-25-20)16-2-1-3-16/h4-7,12,14,16H,1-3,8-11H2. The van der Waals surface area contributed by atoms with E-state index in [-0.39, 0.29) is 23.2 Å². The predicted octanol–water partition coefficient (Wildman–Crippen LogP) is 3.08. The van der Waals surface area contributed by atoms with Crippen LogP contribution in [0.5, 0.6) is 0 Å². The molecule has 33 heavy (non-hydrogen) atoms. The van der Waals surface area contributed by atoms with E-state index >= 15 is 0 Å². The van der Waals surface area contributed by atoms with Crippen molar-refractivity contribution in [3.8, 4) is 17.5 Å². The van der Waals surface area contributed by atoms with Gasteiger partial charge in [0.15, 0.2) is 0 Å². The van der Waals surface area contributed by atoms with Gasteiger partial charge >= 0.3 is 0 Å². The van der Waals surface area contributed by atoms with Crippen molar-refractivity contribution >= 4 is 27.3 Å². The lowest BCUT2D eigenvalue weighted by Crippen LogP contribution is -2.50. The van der Waals surface area contributed by atoms with E-state index in [2.05, 4.69) is 10.1 Å². The van der Waals surface area contributed by atoms with Gasteiger partial charge in [0.1, 0.15) is 4.21 Å². The highest BCUT2D eigenvalue weighted by Gasteiger charge is 2.32. The first-order chi connectivity index (χ1) is 16.0. The number of sulfonamides is 1. The average molecular weight is 484 g/mol. The molecule has 11 heteroatoms. The summed E-state index contributed by atoms with van der Waals surface area (Å²) in [5, 5.41) is 14.6. The minimum absolute atomic E-state index is 0.172. The van der Waals surface area contributed by atoms with Gasteiger partial charge in [-0.3, -0.25) is 4.79 Å². The summed E-state index contributed by atoms with van der Waals surface area (Å²) in [7, 11) is -3.68. The molecule has 0 atom stereocenters. The number of nitriles is 1. The maximum atomic E-state index is 13.2. The number of aromatic nitrogens is 2. The number of carbonyl (C=O) groups is 1. The number of benzene rings is 1. The van der Waals surface area contributed by atoms with Crippen molar-refractivity contribution in [1.29, 1.82) is 5.26 Å². The Kier molecular flexibility index (Phi) is 5.74. The van der Waals surface area contributed by atoms with Crippen molar-refractivity contribution < 1.29 is 17.7 Å². The van der Waals surface area contributed by atoms with Gasteiger partial charge in [0.05, 0.1) is 11.6 Å². The second-order valence-electron chi connectivity index (χ2n) is 8.12. The molecule has 0 N–H and O–H groups in total. The Balaban J connectivity index is 1.24. The van der Waals surface area contributed by atoms with Crippen molar-refractivity contribution in [3.63, 3.8) is 0 Å². The van der Waals surface area contributed by atoms with Crippen molar-refractivity contribution in [2.24, 2.45) is 0 Å². The van der Waals surface area contributed by atoms with Crippen LogP contribution in [-0.2, 0) is 10.0 Å². The van der Waals surface area contributed by atoms with E-state index in [0.29, 0.717) is 47.4 Å². The number of hydrogen-bond donors (Lipinski definition) is 0. The van der Waals surface area contributed by atoms with Crippen LogP contribution >= 0.6 is 11.3 Å². The average Bonchev–Trinajstić information content (AvgIpc) is 3.48. The van der Waals surface area contributed by atoms with Crippen LogP contribution < -0.4 is 0 Å². The molecule has 2 fully saturated rings. The molecular formula is C22H21N5O4S2. The summed E-state index contributed by atoms with van der Waals surface area (Å²) < 4.78 is 33.3. The molecular weight excluding hydrogens is 462 g/mol. The molecule has 1 amide bonds. The lowest BCUT2D eigenvalue weighted by atomic mass is 9.85. The molecule has 3 heterocycles. The lowest BCUT2D eigenvalue weighted by Gasteiger charge is -2.33. The minimum Gasteiger partial charge on any atom is -0.339 e. The molecule has 1 aromatic carbocycles. The van der Waals surface area contributed by atoms with Crippen LogP contribution in [0.4, 0.5) is 0 Å². The van der Waals surface area contributed by atoms with Gasteiger partial charge < -0.3 is 9.42 Å². The number of amides is 1. The number of rotatable bonds is 5. The molecule has 0 spiro atoms. The van der Waals surface area contributed by atoms with E-state index in [9.17, 15) is 13.2 Å². The topological polar surface area (TPSA) is 120 Å². The fraction of sp³-hybridized carbons (Fsp3) is 0.364. The number of carbonyl (C=O) groups excluding carboxylic acids is 1. The monoisotopic (exact) mass is 483 g/mol. The summed E-state index contributed by atoms with van der Waals surface area (Å²) in [5.74, 6) is 1.17. The zero-order chi connectivity index (χ0) is 23.0. The Morgan fingerprint density at radius 1 is 1.15 bits per heavy atom. The first-order valence-corrected chi connectivity index (χ1v) is 13.0. The van der Waals surface area contributed by atoms with Crippen LogP contribution in [0.15, 0.2) is 44.4 Å². The molecule has 2 aliphatic rings. The Labute approximate surface area is 195 Å². The van der Waals surface area contributed by atoms with Gasteiger partial charge in [0.25, 0.3) is 15.9 Å². The molecule has 9 nitrogen and oxygen atoms in total. The van der Waals surface area contributed by atoms with E-state index in [1.165, 1.54) is 4.31 Å². The summed E-state index contributed by atoms with van der Waals surface area (Å²) in [5.41, 5.74) is 1.59. The minimum atomic E-state index is -3.68. The highest BCUT2D eigenvalue weighted by atomic mass is 32.2. The largest absolute Gasteiger partial charge is 0.339 e. The van der Waals surface area contributed by atoms with Gasteiger partial charge in [-0.1, -0.05) is 11.6 Å². The molecule has 0 unspecified atom stereocenters. The molecule has 1 aliphatic heterocycles. The highest BCUT2D eigenvalue weighted by Crippen LogP contribution is 2.37. The molecule has 1 saturated heterocycles. The molecule has 0 bridgehead atoms. The van der Waals surface area contributed by atoms with Gasteiger partial charge in [-0.15, -0.1) is 11.3 Å². The first-order valence-electron chi connectivity index (χ1n) is 10.7. The zero-order valence-corrected chi connectivity index (χ0v) is 19.3. The predicted molar refractivity (Wildman–Crippen MR) is 120 cm³/mol. The van der Waals surface area contributed by atoms with E-state index in [1.807, 2.05) is 6.07 Å².